The molecule has 0 amide bonds. The van der Waals surface area contributed by atoms with Gasteiger partial charge in [-0.15, -0.1) is 0 Å². The Morgan fingerprint density at radius 1 is 1.32 bits per heavy atom. The van der Waals surface area contributed by atoms with Crippen LogP contribution < -0.4 is 0 Å². The van der Waals surface area contributed by atoms with E-state index in [4.69, 9.17) is 0 Å². The van der Waals surface area contributed by atoms with Gasteiger partial charge in [0.15, 0.2) is 5.78 Å². The van der Waals surface area contributed by atoms with Crippen LogP contribution in [-0.2, 0) is 0 Å². The third-order valence-corrected chi connectivity index (χ3v) is 4.11. The van der Waals surface area contributed by atoms with E-state index in [2.05, 4.69) is 51.7 Å². The number of hydrogen-bond donors (Lipinski definition) is 1. The Kier molecular flexibility index (Phi) is 3.53. The van der Waals surface area contributed by atoms with E-state index >= 15 is 0 Å². The van der Waals surface area contributed by atoms with Crippen molar-refractivity contribution in [2.24, 2.45) is 11.3 Å². The predicted octanol–water partition coefficient (Wildman–Crippen LogP) is 4.73. The number of fused-ring (bicyclic) bond motifs is 1. The van der Waals surface area contributed by atoms with Crippen LogP contribution in [0.4, 0.5) is 0 Å². The molecule has 1 aromatic carbocycles. The molecule has 2 aromatic rings. The molecule has 1 unspecified atom stereocenters. The van der Waals surface area contributed by atoms with Crippen LogP contribution in [-0.4, -0.2) is 10.8 Å². The molecule has 0 aliphatic rings. The van der Waals surface area contributed by atoms with Crippen LogP contribution in [0.3, 0.4) is 0 Å². The summed E-state index contributed by atoms with van der Waals surface area (Å²) in [6.45, 7) is 10.8. The Morgan fingerprint density at radius 3 is 2.63 bits per heavy atom. The van der Waals surface area contributed by atoms with Crippen LogP contribution in [0, 0.1) is 18.3 Å². The molecular formula is C17H23NO. The van der Waals surface area contributed by atoms with Gasteiger partial charge in [-0.25, -0.2) is 0 Å². The highest BCUT2D eigenvalue weighted by Gasteiger charge is 2.24. The van der Waals surface area contributed by atoms with Gasteiger partial charge >= 0.3 is 0 Å². The second-order valence-corrected chi connectivity index (χ2v) is 6.65. The number of carbonyl (C=O) groups excluding carboxylic acids is 1. The lowest BCUT2D eigenvalue weighted by Gasteiger charge is -2.26. The highest BCUT2D eigenvalue weighted by atomic mass is 16.1. The van der Waals surface area contributed by atoms with E-state index in [-0.39, 0.29) is 11.2 Å². The molecule has 2 nitrogen and oxygen atoms in total. The molecule has 1 aromatic heterocycles. The van der Waals surface area contributed by atoms with Gasteiger partial charge in [0.25, 0.3) is 0 Å². The van der Waals surface area contributed by atoms with Crippen LogP contribution in [0.5, 0.6) is 0 Å². The second kappa shape index (κ2) is 4.84. The number of carbonyl (C=O) groups is 1. The fraction of sp³-hybridized carbons (Fsp3) is 0.471. The molecule has 1 atom stereocenters. The molecule has 0 saturated carbocycles. The Bertz CT molecular complexity index is 601. The van der Waals surface area contributed by atoms with Crippen molar-refractivity contribution in [1.29, 1.82) is 0 Å². The zero-order valence-electron chi connectivity index (χ0n) is 12.5. The highest BCUT2D eigenvalue weighted by Crippen LogP contribution is 2.30. The molecule has 0 bridgehead atoms. The lowest BCUT2D eigenvalue weighted by atomic mass is 9.78. The van der Waals surface area contributed by atoms with E-state index in [1.807, 2.05) is 12.3 Å². The number of ketones is 1. The predicted molar refractivity (Wildman–Crippen MR) is 80.6 cm³/mol. The summed E-state index contributed by atoms with van der Waals surface area (Å²) in [5.41, 5.74) is 3.22. The number of hydrogen-bond acceptors (Lipinski definition) is 1. The Hall–Kier alpha value is -1.57. The zero-order chi connectivity index (χ0) is 14.2. The number of aromatic amines is 1. The van der Waals surface area contributed by atoms with Gasteiger partial charge in [-0.2, -0.15) is 0 Å². The summed E-state index contributed by atoms with van der Waals surface area (Å²) in [5, 5.41) is 1.05. The maximum absolute atomic E-state index is 12.5. The normalized spacial score (nSPS) is 13.7. The van der Waals surface area contributed by atoms with E-state index in [9.17, 15) is 4.79 Å². The molecular weight excluding hydrogens is 234 g/mol. The number of Topliss-reactive ketones (excluding diaryl/α,β-unsaturated/α-hetero) is 1. The topological polar surface area (TPSA) is 32.9 Å². The van der Waals surface area contributed by atoms with Crippen molar-refractivity contribution in [1.82, 2.24) is 4.98 Å². The molecule has 2 heteroatoms. The lowest BCUT2D eigenvalue weighted by Crippen LogP contribution is -2.20. The first kappa shape index (κ1) is 13.9. The summed E-state index contributed by atoms with van der Waals surface area (Å²) in [5.74, 6) is 0.606. The minimum absolute atomic E-state index is 0.164. The molecule has 1 heterocycles. The number of aryl methyl sites for hydroxylation is 1. The van der Waals surface area contributed by atoms with E-state index < -0.39 is 0 Å². The van der Waals surface area contributed by atoms with Crippen molar-refractivity contribution in [3.8, 4) is 0 Å². The van der Waals surface area contributed by atoms with Crippen LogP contribution in [0.2, 0.25) is 0 Å². The average molecular weight is 257 g/mol. The number of rotatable bonds is 3. The van der Waals surface area contributed by atoms with Gasteiger partial charge in [-0.3, -0.25) is 4.79 Å². The molecule has 0 fully saturated rings. The Morgan fingerprint density at radius 2 is 2.00 bits per heavy atom. The lowest BCUT2D eigenvalue weighted by molar-refractivity contribution is 0.0929. The third kappa shape index (κ3) is 2.89. The number of H-pyrrole nitrogens is 1. The first-order valence-electron chi connectivity index (χ1n) is 6.90. The molecule has 0 spiro atoms. The molecule has 0 aliphatic heterocycles. The molecule has 0 saturated heterocycles. The van der Waals surface area contributed by atoms with E-state index in [0.29, 0.717) is 12.3 Å². The highest BCUT2D eigenvalue weighted by molar-refractivity contribution is 6.08. The van der Waals surface area contributed by atoms with Crippen LogP contribution in [0.1, 0.15) is 50.0 Å². The van der Waals surface area contributed by atoms with Crippen LogP contribution in [0.25, 0.3) is 10.9 Å². The van der Waals surface area contributed by atoms with E-state index in [1.165, 1.54) is 5.56 Å². The standard InChI is InChI=1S/C17H23NO/c1-11-6-7-15-13(8-11)14(10-18-15)16(19)9-12(2)17(3,4)5/h6-8,10,12,18H,9H2,1-5H3. The minimum Gasteiger partial charge on any atom is -0.360 e. The summed E-state index contributed by atoms with van der Waals surface area (Å²) < 4.78 is 0. The van der Waals surface area contributed by atoms with Crippen molar-refractivity contribution >= 4 is 16.7 Å². The summed E-state index contributed by atoms with van der Waals surface area (Å²) in [6, 6.07) is 6.18. The fourth-order valence-electron chi connectivity index (χ4n) is 2.16. The number of aromatic nitrogens is 1. The van der Waals surface area contributed by atoms with Gasteiger partial charge in [-0.1, -0.05) is 39.3 Å². The molecule has 0 radical (unpaired) electrons. The molecule has 0 aliphatic carbocycles. The largest absolute Gasteiger partial charge is 0.360 e. The summed E-state index contributed by atoms with van der Waals surface area (Å²) in [6.07, 6.45) is 2.45. The van der Waals surface area contributed by atoms with Gasteiger partial charge in [-0.05, 0) is 30.4 Å². The maximum atomic E-state index is 12.5. The first-order valence-corrected chi connectivity index (χ1v) is 6.90. The monoisotopic (exact) mass is 257 g/mol. The summed E-state index contributed by atoms with van der Waals surface area (Å²) in [7, 11) is 0. The van der Waals surface area contributed by atoms with Gasteiger partial charge in [0.1, 0.15) is 0 Å². The maximum Gasteiger partial charge on any atom is 0.165 e. The summed E-state index contributed by atoms with van der Waals surface area (Å²) in [4.78, 5) is 15.7. The van der Waals surface area contributed by atoms with Gasteiger partial charge < -0.3 is 4.98 Å². The SMILES string of the molecule is Cc1ccc2[nH]cc(C(=O)CC(C)C(C)(C)C)c2c1. The van der Waals surface area contributed by atoms with Crippen LogP contribution >= 0.6 is 0 Å². The second-order valence-electron chi connectivity index (χ2n) is 6.65. The molecule has 1 N–H and O–H groups in total. The molecule has 19 heavy (non-hydrogen) atoms. The number of nitrogens with one attached hydrogen (secondary N) is 1. The minimum atomic E-state index is 0.164. The Labute approximate surface area is 115 Å². The van der Waals surface area contributed by atoms with E-state index in [0.717, 1.165) is 16.5 Å². The van der Waals surface area contributed by atoms with Crippen molar-refractivity contribution in [2.45, 2.75) is 41.0 Å². The number of benzene rings is 1. The van der Waals surface area contributed by atoms with Crippen molar-refractivity contribution < 1.29 is 4.79 Å². The first-order chi connectivity index (χ1) is 8.79. The zero-order valence-corrected chi connectivity index (χ0v) is 12.5. The van der Waals surface area contributed by atoms with Crippen molar-refractivity contribution in [3.63, 3.8) is 0 Å². The van der Waals surface area contributed by atoms with Crippen LogP contribution in [0.15, 0.2) is 24.4 Å². The van der Waals surface area contributed by atoms with Gasteiger partial charge in [0.05, 0.1) is 0 Å². The quantitative estimate of drug-likeness (QED) is 0.792. The molecule has 102 valence electrons. The third-order valence-electron chi connectivity index (χ3n) is 4.11. The summed E-state index contributed by atoms with van der Waals surface area (Å²) >= 11 is 0. The smallest absolute Gasteiger partial charge is 0.165 e. The van der Waals surface area contributed by atoms with E-state index in [1.54, 1.807) is 0 Å². The van der Waals surface area contributed by atoms with Crippen molar-refractivity contribution in [2.75, 3.05) is 0 Å². The van der Waals surface area contributed by atoms with Gasteiger partial charge in [0.2, 0.25) is 0 Å². The molecule has 2 rings (SSSR count). The Balaban J connectivity index is 2.29. The average Bonchev–Trinajstić information content (AvgIpc) is 2.70. The van der Waals surface area contributed by atoms with Crippen molar-refractivity contribution in [3.05, 3.63) is 35.5 Å². The van der Waals surface area contributed by atoms with Gasteiger partial charge in [0, 0.05) is 29.1 Å². The fourth-order valence-corrected chi connectivity index (χ4v) is 2.16.